The SMILES string of the molecule is CN(C)CCCOc1ccc(-c2cc3c(NCCc4ccc(NC(=O)Nc5ccccc5CN(C)C)cc4)c(C(N)=O)cnc3o2)cc1. The molecule has 0 aliphatic heterocycles. The van der Waals surface area contributed by atoms with Crippen molar-refractivity contribution in [3.8, 4) is 17.1 Å². The van der Waals surface area contributed by atoms with E-state index in [-0.39, 0.29) is 11.6 Å². The minimum atomic E-state index is -0.580. The number of hydrogen-bond acceptors (Lipinski definition) is 8. The molecule has 0 fully saturated rings. The highest BCUT2D eigenvalue weighted by molar-refractivity contribution is 6.06. The van der Waals surface area contributed by atoms with E-state index in [1.54, 1.807) is 0 Å². The van der Waals surface area contributed by atoms with Crippen LogP contribution >= 0.6 is 0 Å². The summed E-state index contributed by atoms with van der Waals surface area (Å²) in [6, 6.07) is 24.7. The van der Waals surface area contributed by atoms with Gasteiger partial charge < -0.3 is 40.6 Å². The van der Waals surface area contributed by atoms with Gasteiger partial charge in [0, 0.05) is 42.8 Å². The Hall–Kier alpha value is -5.39. The highest BCUT2D eigenvalue weighted by atomic mass is 16.5. The molecular weight excluding hydrogens is 606 g/mol. The van der Waals surface area contributed by atoms with E-state index in [0.717, 1.165) is 41.1 Å². The number of carbonyl (C=O) groups is 2. The summed E-state index contributed by atoms with van der Waals surface area (Å²) in [6.07, 6.45) is 3.04. The molecule has 2 aromatic heterocycles. The van der Waals surface area contributed by atoms with Gasteiger partial charge in [-0.2, -0.15) is 0 Å². The van der Waals surface area contributed by atoms with Crippen LogP contribution in [0.4, 0.5) is 21.9 Å². The third kappa shape index (κ3) is 9.11. The van der Waals surface area contributed by atoms with Crippen LogP contribution in [-0.2, 0) is 13.0 Å². The summed E-state index contributed by atoms with van der Waals surface area (Å²) in [5.41, 5.74) is 11.4. The van der Waals surface area contributed by atoms with Crippen LogP contribution in [0.3, 0.4) is 0 Å². The molecule has 5 aromatic rings. The van der Waals surface area contributed by atoms with Crippen LogP contribution in [-0.4, -0.2) is 74.6 Å². The van der Waals surface area contributed by atoms with Gasteiger partial charge in [-0.1, -0.05) is 30.3 Å². The van der Waals surface area contributed by atoms with E-state index in [1.165, 1.54) is 6.20 Å². The van der Waals surface area contributed by atoms with Crippen LogP contribution in [0.15, 0.2) is 89.5 Å². The number of furan rings is 1. The molecule has 5 N–H and O–H groups in total. The van der Waals surface area contributed by atoms with Crippen molar-refractivity contribution in [3.05, 3.63) is 102 Å². The van der Waals surface area contributed by atoms with Gasteiger partial charge in [0.2, 0.25) is 5.71 Å². The third-order valence-corrected chi connectivity index (χ3v) is 7.66. The molecule has 0 aliphatic carbocycles. The Morgan fingerprint density at radius 1 is 0.917 bits per heavy atom. The van der Waals surface area contributed by atoms with Gasteiger partial charge in [0.05, 0.1) is 23.2 Å². The van der Waals surface area contributed by atoms with E-state index >= 15 is 0 Å². The summed E-state index contributed by atoms with van der Waals surface area (Å²) < 4.78 is 11.9. The Bertz CT molecular complexity index is 1830. The van der Waals surface area contributed by atoms with Gasteiger partial charge in [-0.3, -0.25) is 4.79 Å². The lowest BCUT2D eigenvalue weighted by atomic mass is 10.1. The number of fused-ring (bicyclic) bond motifs is 1. The third-order valence-electron chi connectivity index (χ3n) is 7.66. The Balaban J connectivity index is 1.20. The summed E-state index contributed by atoms with van der Waals surface area (Å²) in [5.74, 6) is 0.830. The molecule has 0 spiro atoms. The molecule has 11 nitrogen and oxygen atoms in total. The predicted molar refractivity (Wildman–Crippen MR) is 192 cm³/mol. The van der Waals surface area contributed by atoms with Crippen LogP contribution in [0, 0.1) is 0 Å². The van der Waals surface area contributed by atoms with Gasteiger partial charge in [-0.15, -0.1) is 0 Å². The van der Waals surface area contributed by atoms with Crippen molar-refractivity contribution in [1.82, 2.24) is 14.8 Å². The van der Waals surface area contributed by atoms with Crippen LogP contribution in [0.5, 0.6) is 5.75 Å². The monoisotopic (exact) mass is 649 g/mol. The largest absolute Gasteiger partial charge is 0.494 e. The summed E-state index contributed by atoms with van der Waals surface area (Å²) >= 11 is 0. The van der Waals surface area contributed by atoms with E-state index in [0.29, 0.717) is 54.4 Å². The number of nitrogens with zero attached hydrogens (tertiary/aromatic N) is 3. The number of anilines is 3. The Morgan fingerprint density at radius 2 is 1.67 bits per heavy atom. The zero-order valence-electron chi connectivity index (χ0n) is 27.9. The average Bonchev–Trinajstić information content (AvgIpc) is 3.50. The van der Waals surface area contributed by atoms with Crippen LogP contribution in [0.1, 0.15) is 27.9 Å². The highest BCUT2D eigenvalue weighted by Gasteiger charge is 2.18. The van der Waals surface area contributed by atoms with Crippen molar-refractivity contribution in [2.45, 2.75) is 19.4 Å². The predicted octanol–water partition coefficient (Wildman–Crippen LogP) is 6.28. The number of rotatable bonds is 15. The average molecular weight is 650 g/mol. The molecule has 0 unspecified atom stereocenters. The van der Waals surface area contributed by atoms with Crippen molar-refractivity contribution in [1.29, 1.82) is 0 Å². The number of amides is 3. The summed E-state index contributed by atoms with van der Waals surface area (Å²) in [5, 5.41) is 9.89. The zero-order valence-corrected chi connectivity index (χ0v) is 27.9. The van der Waals surface area contributed by atoms with Gasteiger partial charge in [-0.05, 0) is 101 Å². The molecule has 0 saturated carbocycles. The number of hydrogen-bond donors (Lipinski definition) is 4. The second-order valence-electron chi connectivity index (χ2n) is 12.1. The number of nitrogens with one attached hydrogen (secondary N) is 3. The molecule has 0 saturated heterocycles. The van der Waals surface area contributed by atoms with Crippen molar-refractivity contribution in [3.63, 3.8) is 0 Å². The number of nitrogens with two attached hydrogens (primary N) is 1. The fourth-order valence-corrected chi connectivity index (χ4v) is 5.29. The first-order chi connectivity index (χ1) is 23.2. The lowest BCUT2D eigenvalue weighted by molar-refractivity contribution is 0.100. The fourth-order valence-electron chi connectivity index (χ4n) is 5.29. The van der Waals surface area contributed by atoms with E-state index in [2.05, 4.69) is 30.7 Å². The van der Waals surface area contributed by atoms with E-state index in [4.69, 9.17) is 14.9 Å². The van der Waals surface area contributed by atoms with Crippen molar-refractivity contribution < 1.29 is 18.7 Å². The summed E-state index contributed by atoms with van der Waals surface area (Å²) in [4.78, 5) is 33.6. The van der Waals surface area contributed by atoms with E-state index in [1.807, 2.05) is 107 Å². The van der Waals surface area contributed by atoms with E-state index < -0.39 is 5.91 Å². The van der Waals surface area contributed by atoms with Gasteiger partial charge >= 0.3 is 6.03 Å². The number of carbonyl (C=O) groups excluding carboxylic acids is 2. The molecular formula is C37H43N7O4. The molecule has 3 amide bonds. The Labute approximate surface area is 281 Å². The number of ether oxygens (including phenoxy) is 1. The number of primary amides is 1. The second kappa shape index (κ2) is 15.9. The number of para-hydroxylation sites is 1. The zero-order chi connectivity index (χ0) is 34.0. The number of urea groups is 1. The molecule has 11 heteroatoms. The maximum absolute atomic E-state index is 12.7. The first kappa shape index (κ1) is 34.0. The lowest BCUT2D eigenvalue weighted by Gasteiger charge is -2.15. The normalized spacial score (nSPS) is 11.2. The number of pyridine rings is 1. The van der Waals surface area contributed by atoms with Crippen molar-refractivity contribution >= 4 is 40.1 Å². The maximum Gasteiger partial charge on any atom is 0.323 e. The minimum absolute atomic E-state index is 0.286. The maximum atomic E-state index is 12.7. The molecule has 5 rings (SSSR count). The standard InChI is InChI=1S/C37H43N7O4/c1-43(2)20-7-21-47-29-16-12-26(13-17-29)33-22-30-34(31(35(38)45)23-40-36(30)48-33)39-19-18-25-10-14-28(15-11-25)41-37(46)42-32-9-6-5-8-27(32)24-44(3)4/h5-6,8-17,22-23H,7,18-21,24H2,1-4H3,(H2,38,45)(H,39,40)(H2,41,42,46). The smallest absolute Gasteiger partial charge is 0.323 e. The molecule has 250 valence electrons. The Morgan fingerprint density at radius 3 is 2.38 bits per heavy atom. The van der Waals surface area contributed by atoms with Crippen molar-refractivity contribution in [2.75, 3.05) is 63.8 Å². The molecule has 3 aromatic carbocycles. The first-order valence-corrected chi connectivity index (χ1v) is 15.9. The number of aromatic nitrogens is 1. The molecule has 0 bridgehead atoms. The Kier molecular flexibility index (Phi) is 11.3. The first-order valence-electron chi connectivity index (χ1n) is 15.9. The van der Waals surface area contributed by atoms with Crippen LogP contribution in [0.2, 0.25) is 0 Å². The highest BCUT2D eigenvalue weighted by Crippen LogP contribution is 2.34. The second-order valence-corrected chi connectivity index (χ2v) is 12.1. The minimum Gasteiger partial charge on any atom is -0.494 e. The van der Waals surface area contributed by atoms with Crippen molar-refractivity contribution in [2.24, 2.45) is 5.73 Å². The molecule has 0 aliphatic rings. The van der Waals surface area contributed by atoms with Crippen LogP contribution in [0.25, 0.3) is 22.4 Å². The van der Waals surface area contributed by atoms with Gasteiger partial charge in [0.25, 0.3) is 5.91 Å². The lowest BCUT2D eigenvalue weighted by Crippen LogP contribution is -2.21. The topological polar surface area (TPSA) is 138 Å². The van der Waals surface area contributed by atoms with Gasteiger partial charge in [-0.25, -0.2) is 9.78 Å². The molecule has 48 heavy (non-hydrogen) atoms. The number of benzene rings is 3. The summed E-state index contributed by atoms with van der Waals surface area (Å²) in [6.45, 7) is 2.85. The van der Waals surface area contributed by atoms with Crippen LogP contribution < -0.4 is 26.4 Å². The molecule has 2 heterocycles. The van der Waals surface area contributed by atoms with Gasteiger partial charge in [0.15, 0.2) is 0 Å². The molecule has 0 atom stereocenters. The molecule has 0 radical (unpaired) electrons. The fraction of sp³-hybridized carbons (Fsp3) is 0.270. The summed E-state index contributed by atoms with van der Waals surface area (Å²) in [7, 11) is 8.06. The van der Waals surface area contributed by atoms with Gasteiger partial charge in [0.1, 0.15) is 11.5 Å². The quantitative estimate of drug-likeness (QED) is 0.0972. The van der Waals surface area contributed by atoms with E-state index in [9.17, 15) is 9.59 Å².